The average molecular weight is 247 g/mol. The molecule has 0 fully saturated rings. The van der Waals surface area contributed by atoms with Gasteiger partial charge in [-0.25, -0.2) is 4.98 Å². The molecular formula is C13H17N3S. The maximum atomic E-state index is 4.58. The third kappa shape index (κ3) is 2.90. The highest BCUT2D eigenvalue weighted by molar-refractivity contribution is 7.11. The zero-order chi connectivity index (χ0) is 12.3. The third-order valence-corrected chi connectivity index (χ3v) is 3.98. The minimum absolute atomic E-state index is 0.286. The summed E-state index contributed by atoms with van der Waals surface area (Å²) in [5, 5.41) is 4.51. The van der Waals surface area contributed by atoms with E-state index in [0.717, 1.165) is 12.1 Å². The monoisotopic (exact) mass is 247 g/mol. The number of nitrogens with one attached hydrogen (secondary N) is 1. The number of nitrogens with zero attached hydrogens (tertiary/aromatic N) is 2. The first-order valence-electron chi connectivity index (χ1n) is 5.71. The maximum absolute atomic E-state index is 4.58. The number of rotatable bonds is 4. The van der Waals surface area contributed by atoms with Crippen LogP contribution in [0.2, 0.25) is 0 Å². The van der Waals surface area contributed by atoms with Gasteiger partial charge in [0.05, 0.1) is 10.7 Å². The Morgan fingerprint density at radius 3 is 2.76 bits per heavy atom. The van der Waals surface area contributed by atoms with Crippen LogP contribution in [-0.4, -0.2) is 17.0 Å². The molecule has 2 heterocycles. The van der Waals surface area contributed by atoms with Crippen LogP contribution >= 0.6 is 11.3 Å². The van der Waals surface area contributed by atoms with Crippen molar-refractivity contribution in [3.8, 4) is 0 Å². The molecule has 17 heavy (non-hydrogen) atoms. The van der Waals surface area contributed by atoms with E-state index in [9.17, 15) is 0 Å². The largest absolute Gasteiger partial charge is 0.313 e. The molecule has 90 valence electrons. The summed E-state index contributed by atoms with van der Waals surface area (Å²) < 4.78 is 0. The van der Waals surface area contributed by atoms with Gasteiger partial charge in [0, 0.05) is 29.7 Å². The number of hydrogen-bond donors (Lipinski definition) is 1. The fraction of sp³-hybridized carbons (Fsp3) is 0.385. The normalized spacial score (nSPS) is 12.6. The number of hydrogen-bond acceptors (Lipinski definition) is 4. The number of aryl methyl sites for hydroxylation is 2. The lowest BCUT2D eigenvalue weighted by atomic mass is 10.1. The molecule has 0 radical (unpaired) electrons. The van der Waals surface area contributed by atoms with Crippen molar-refractivity contribution in [2.24, 2.45) is 0 Å². The Balaban J connectivity index is 2.15. The van der Waals surface area contributed by atoms with Gasteiger partial charge in [-0.1, -0.05) is 6.07 Å². The quantitative estimate of drug-likeness (QED) is 0.902. The lowest BCUT2D eigenvalue weighted by Gasteiger charge is -2.14. The molecule has 0 aromatic carbocycles. The van der Waals surface area contributed by atoms with Gasteiger partial charge in [0.2, 0.25) is 0 Å². The fourth-order valence-corrected chi connectivity index (χ4v) is 2.75. The topological polar surface area (TPSA) is 37.8 Å². The van der Waals surface area contributed by atoms with Gasteiger partial charge < -0.3 is 5.32 Å². The predicted octanol–water partition coefficient (Wildman–Crippen LogP) is 2.66. The van der Waals surface area contributed by atoms with E-state index < -0.39 is 0 Å². The summed E-state index contributed by atoms with van der Waals surface area (Å²) in [7, 11) is 1.98. The van der Waals surface area contributed by atoms with E-state index >= 15 is 0 Å². The summed E-state index contributed by atoms with van der Waals surface area (Å²) in [4.78, 5) is 10.0. The van der Waals surface area contributed by atoms with E-state index in [1.165, 1.54) is 15.4 Å². The second-order valence-corrected chi connectivity index (χ2v) is 5.37. The molecule has 0 saturated heterocycles. The van der Waals surface area contributed by atoms with Gasteiger partial charge in [-0.05, 0) is 32.5 Å². The van der Waals surface area contributed by atoms with Crippen LogP contribution in [0.1, 0.15) is 27.2 Å². The highest BCUT2D eigenvalue weighted by atomic mass is 32.1. The van der Waals surface area contributed by atoms with Gasteiger partial charge in [0.15, 0.2) is 0 Å². The van der Waals surface area contributed by atoms with Crippen molar-refractivity contribution in [3.63, 3.8) is 0 Å². The van der Waals surface area contributed by atoms with E-state index in [1.54, 1.807) is 17.5 Å². The van der Waals surface area contributed by atoms with Crippen molar-refractivity contribution in [1.29, 1.82) is 0 Å². The van der Waals surface area contributed by atoms with Gasteiger partial charge >= 0.3 is 0 Å². The summed E-state index contributed by atoms with van der Waals surface area (Å²) in [6.07, 6.45) is 4.63. The first-order chi connectivity index (χ1) is 8.20. The van der Waals surface area contributed by atoms with Crippen molar-refractivity contribution >= 4 is 11.3 Å². The molecule has 0 saturated carbocycles. The van der Waals surface area contributed by atoms with Crippen LogP contribution in [0.3, 0.4) is 0 Å². The first kappa shape index (κ1) is 12.2. The van der Waals surface area contributed by atoms with Crippen molar-refractivity contribution < 1.29 is 0 Å². The molecular weight excluding hydrogens is 230 g/mol. The molecule has 0 bridgehead atoms. The summed E-state index contributed by atoms with van der Waals surface area (Å²) in [6, 6.07) is 4.35. The second kappa shape index (κ2) is 5.38. The zero-order valence-corrected chi connectivity index (χ0v) is 11.2. The van der Waals surface area contributed by atoms with E-state index in [0.29, 0.717) is 0 Å². The number of pyridine rings is 1. The molecule has 4 heteroatoms. The van der Waals surface area contributed by atoms with Crippen LogP contribution in [0.4, 0.5) is 0 Å². The van der Waals surface area contributed by atoms with Gasteiger partial charge in [-0.2, -0.15) is 0 Å². The first-order valence-corrected chi connectivity index (χ1v) is 6.52. The molecule has 3 nitrogen and oxygen atoms in total. The van der Waals surface area contributed by atoms with Crippen LogP contribution in [0.15, 0.2) is 24.5 Å². The highest BCUT2D eigenvalue weighted by Gasteiger charge is 2.13. The lowest BCUT2D eigenvalue weighted by molar-refractivity contribution is 0.588. The summed E-state index contributed by atoms with van der Waals surface area (Å²) in [5.41, 5.74) is 2.35. The van der Waals surface area contributed by atoms with Crippen LogP contribution < -0.4 is 5.32 Å². The summed E-state index contributed by atoms with van der Waals surface area (Å²) in [6.45, 7) is 4.18. The Morgan fingerprint density at radius 1 is 1.41 bits per heavy atom. The fourth-order valence-electron chi connectivity index (χ4n) is 1.77. The van der Waals surface area contributed by atoms with Gasteiger partial charge in [-0.3, -0.25) is 4.98 Å². The van der Waals surface area contributed by atoms with E-state index in [4.69, 9.17) is 0 Å². The summed E-state index contributed by atoms with van der Waals surface area (Å²) in [5.74, 6) is 0. The third-order valence-electron chi connectivity index (χ3n) is 2.89. The molecule has 1 unspecified atom stereocenters. The van der Waals surface area contributed by atoms with Crippen LogP contribution in [0, 0.1) is 13.8 Å². The molecule has 1 N–H and O–H groups in total. The molecule has 0 aliphatic heterocycles. The molecule has 0 aliphatic rings. The Hall–Kier alpha value is -1.26. The van der Waals surface area contributed by atoms with Gasteiger partial charge in [0.25, 0.3) is 0 Å². The second-order valence-electron chi connectivity index (χ2n) is 4.08. The maximum Gasteiger partial charge on any atom is 0.0949 e. The smallest absolute Gasteiger partial charge is 0.0949 e. The molecule has 2 aromatic rings. The van der Waals surface area contributed by atoms with Gasteiger partial charge in [0.1, 0.15) is 0 Å². The van der Waals surface area contributed by atoms with Crippen molar-refractivity contribution in [1.82, 2.24) is 15.3 Å². The Morgan fingerprint density at radius 2 is 2.24 bits per heavy atom. The van der Waals surface area contributed by atoms with E-state index in [-0.39, 0.29) is 6.04 Å². The number of likely N-dealkylation sites (N-methyl/N-ethyl adjacent to an activating group) is 1. The number of aromatic nitrogens is 2. The van der Waals surface area contributed by atoms with Gasteiger partial charge in [-0.15, -0.1) is 11.3 Å². The Bertz CT molecular complexity index is 459. The standard InChI is InChI=1S/C13H17N3S/c1-9-10(2)17-13(16-9)7-12(14-3)11-5-4-6-15-8-11/h4-6,8,12,14H,7H2,1-3H3. The zero-order valence-electron chi connectivity index (χ0n) is 10.4. The Kier molecular flexibility index (Phi) is 3.86. The molecule has 0 spiro atoms. The van der Waals surface area contributed by atoms with Crippen molar-refractivity contribution in [3.05, 3.63) is 45.7 Å². The minimum atomic E-state index is 0.286. The lowest BCUT2D eigenvalue weighted by Crippen LogP contribution is -2.18. The molecule has 0 aliphatic carbocycles. The summed E-state index contributed by atoms with van der Waals surface area (Å²) >= 11 is 1.78. The van der Waals surface area contributed by atoms with Crippen molar-refractivity contribution in [2.75, 3.05) is 7.05 Å². The van der Waals surface area contributed by atoms with E-state index in [1.807, 2.05) is 19.3 Å². The highest BCUT2D eigenvalue weighted by Crippen LogP contribution is 2.22. The molecule has 2 rings (SSSR count). The average Bonchev–Trinajstić information content (AvgIpc) is 2.67. The minimum Gasteiger partial charge on any atom is -0.313 e. The van der Waals surface area contributed by atoms with Crippen molar-refractivity contribution in [2.45, 2.75) is 26.3 Å². The predicted molar refractivity (Wildman–Crippen MR) is 71.3 cm³/mol. The van der Waals surface area contributed by atoms with Crippen LogP contribution in [-0.2, 0) is 6.42 Å². The Labute approximate surface area is 106 Å². The van der Waals surface area contributed by atoms with Crippen LogP contribution in [0.25, 0.3) is 0 Å². The SMILES string of the molecule is CNC(Cc1nc(C)c(C)s1)c1cccnc1. The van der Waals surface area contributed by atoms with E-state index in [2.05, 4.69) is 35.2 Å². The molecule has 2 aromatic heterocycles. The molecule has 0 amide bonds. The van der Waals surface area contributed by atoms with Crippen LogP contribution in [0.5, 0.6) is 0 Å². The number of thiazole rings is 1. The molecule has 1 atom stereocenters.